The van der Waals surface area contributed by atoms with Crippen molar-refractivity contribution < 1.29 is 4.79 Å². The van der Waals surface area contributed by atoms with Crippen molar-refractivity contribution in [1.82, 2.24) is 24.8 Å². The molecule has 1 unspecified atom stereocenters. The van der Waals surface area contributed by atoms with Crippen molar-refractivity contribution in [3.05, 3.63) is 56.4 Å². The van der Waals surface area contributed by atoms with Crippen LogP contribution in [0.1, 0.15) is 40.5 Å². The van der Waals surface area contributed by atoms with Crippen LogP contribution in [-0.4, -0.2) is 43.8 Å². The lowest BCUT2D eigenvalue weighted by Gasteiger charge is -2.32. The third-order valence-corrected chi connectivity index (χ3v) is 3.95. The lowest BCUT2D eigenvalue weighted by molar-refractivity contribution is 0.0703. The maximum Gasteiger partial charge on any atom is 0.325 e. The van der Waals surface area contributed by atoms with Crippen molar-refractivity contribution in [2.75, 3.05) is 13.1 Å². The Kier molecular flexibility index (Phi) is 4.05. The van der Waals surface area contributed by atoms with Crippen LogP contribution in [0.2, 0.25) is 0 Å². The van der Waals surface area contributed by atoms with Crippen LogP contribution in [0.4, 0.5) is 0 Å². The van der Waals surface area contributed by atoms with Crippen molar-refractivity contribution in [3.63, 3.8) is 0 Å². The second-order valence-electron chi connectivity index (χ2n) is 5.66. The van der Waals surface area contributed by atoms with Crippen LogP contribution in [-0.2, 0) is 0 Å². The molecule has 0 aliphatic carbocycles. The summed E-state index contributed by atoms with van der Waals surface area (Å²) in [5.41, 5.74) is 0.343. The zero-order valence-corrected chi connectivity index (χ0v) is 12.7. The van der Waals surface area contributed by atoms with Crippen LogP contribution in [0.15, 0.2) is 28.2 Å². The number of hydrogen-bond acceptors (Lipinski definition) is 5. The first kappa shape index (κ1) is 15.1. The Bertz CT molecular complexity index is 841. The summed E-state index contributed by atoms with van der Waals surface area (Å²) in [6, 6.07) is 0. The van der Waals surface area contributed by atoms with Crippen LogP contribution in [0.5, 0.6) is 0 Å². The molecule has 3 heterocycles. The molecule has 1 fully saturated rings. The second kappa shape index (κ2) is 6.15. The van der Waals surface area contributed by atoms with E-state index in [2.05, 4.69) is 19.9 Å². The lowest BCUT2D eigenvalue weighted by Crippen LogP contribution is -2.42. The number of hydrogen-bond donors (Lipinski definition) is 2. The van der Waals surface area contributed by atoms with Gasteiger partial charge in [-0.3, -0.25) is 24.5 Å². The summed E-state index contributed by atoms with van der Waals surface area (Å²) in [6.07, 6.45) is 6.32. The van der Waals surface area contributed by atoms with Gasteiger partial charge in [-0.15, -0.1) is 0 Å². The van der Waals surface area contributed by atoms with Crippen LogP contribution in [0.25, 0.3) is 0 Å². The number of nitrogens with one attached hydrogen (secondary N) is 2. The summed E-state index contributed by atoms with van der Waals surface area (Å²) in [6.45, 7) is 2.94. The molecule has 1 aliphatic heterocycles. The van der Waals surface area contributed by atoms with Gasteiger partial charge in [0.25, 0.3) is 11.5 Å². The number of rotatable bonds is 2. The highest BCUT2D eigenvalue weighted by atomic mass is 16.2. The van der Waals surface area contributed by atoms with Gasteiger partial charge in [-0.2, -0.15) is 0 Å². The molecule has 1 aliphatic rings. The van der Waals surface area contributed by atoms with E-state index >= 15 is 0 Å². The Labute approximate surface area is 131 Å². The van der Waals surface area contributed by atoms with Crippen LogP contribution >= 0.6 is 0 Å². The average Bonchev–Trinajstić information content (AvgIpc) is 2.54. The van der Waals surface area contributed by atoms with Gasteiger partial charge in [0.2, 0.25) is 0 Å². The smallest absolute Gasteiger partial charge is 0.325 e. The minimum atomic E-state index is -0.670. The number of aryl methyl sites for hydroxylation is 1. The summed E-state index contributed by atoms with van der Waals surface area (Å²) in [5.74, 6) is -0.283. The van der Waals surface area contributed by atoms with Gasteiger partial charge >= 0.3 is 5.69 Å². The number of piperidine rings is 1. The molecule has 0 saturated carbocycles. The van der Waals surface area contributed by atoms with Gasteiger partial charge in [-0.25, -0.2) is 4.79 Å². The third kappa shape index (κ3) is 3.20. The van der Waals surface area contributed by atoms with Gasteiger partial charge in [0.15, 0.2) is 0 Å². The predicted octanol–water partition coefficient (Wildman–Crippen LogP) is 0.181. The number of H-pyrrole nitrogens is 2. The predicted molar refractivity (Wildman–Crippen MR) is 82.3 cm³/mol. The number of carbonyl (C=O) groups is 1. The fourth-order valence-corrected chi connectivity index (χ4v) is 2.82. The topological polar surface area (TPSA) is 112 Å². The van der Waals surface area contributed by atoms with E-state index in [4.69, 9.17) is 0 Å². The van der Waals surface area contributed by atoms with Gasteiger partial charge in [0, 0.05) is 37.6 Å². The van der Waals surface area contributed by atoms with Crippen molar-refractivity contribution in [3.8, 4) is 0 Å². The highest BCUT2D eigenvalue weighted by Crippen LogP contribution is 2.25. The molecule has 2 aromatic heterocycles. The molecule has 2 aromatic rings. The molecule has 2 N–H and O–H groups in total. The number of nitrogens with zero attached hydrogens (tertiary/aromatic N) is 3. The molecule has 120 valence electrons. The van der Waals surface area contributed by atoms with Crippen LogP contribution in [0, 0.1) is 6.92 Å². The molecule has 8 nitrogen and oxygen atoms in total. The summed E-state index contributed by atoms with van der Waals surface area (Å²) >= 11 is 0. The summed E-state index contributed by atoms with van der Waals surface area (Å²) in [5, 5.41) is 0. The van der Waals surface area contributed by atoms with Gasteiger partial charge < -0.3 is 9.88 Å². The van der Waals surface area contributed by atoms with Crippen molar-refractivity contribution in [2.24, 2.45) is 0 Å². The quantitative estimate of drug-likeness (QED) is 0.821. The fraction of sp³-hybridized carbons (Fsp3) is 0.400. The number of likely N-dealkylation sites (tertiary alicyclic amines) is 1. The molecule has 3 rings (SSSR count). The van der Waals surface area contributed by atoms with E-state index in [1.165, 1.54) is 6.20 Å². The zero-order chi connectivity index (χ0) is 16.4. The van der Waals surface area contributed by atoms with E-state index in [9.17, 15) is 14.4 Å². The summed E-state index contributed by atoms with van der Waals surface area (Å²) in [7, 11) is 0. The molecule has 0 spiro atoms. The molecule has 23 heavy (non-hydrogen) atoms. The molecular weight excluding hydrogens is 298 g/mol. The Morgan fingerprint density at radius 1 is 1.35 bits per heavy atom. The van der Waals surface area contributed by atoms with Gasteiger partial charge in [0.05, 0.1) is 11.4 Å². The molecule has 1 atom stereocenters. The normalized spacial score (nSPS) is 18.0. The maximum absolute atomic E-state index is 12.5. The zero-order valence-electron chi connectivity index (χ0n) is 12.7. The number of aromatic amines is 2. The van der Waals surface area contributed by atoms with Crippen molar-refractivity contribution >= 4 is 5.91 Å². The Morgan fingerprint density at radius 2 is 2.17 bits per heavy atom. The Balaban J connectivity index is 1.82. The SMILES string of the molecule is Cc1cncc(C2CCCN(C(=O)c3c[nH]c(=O)[nH]c3=O)C2)n1. The van der Waals surface area contributed by atoms with Gasteiger partial charge in [0.1, 0.15) is 5.56 Å². The standard InChI is InChI=1S/C15H17N5O3/c1-9-5-16-7-12(18-9)10-3-2-4-20(8-10)14(22)11-6-17-15(23)19-13(11)21/h5-7,10H,2-4,8H2,1H3,(H2,17,19,21,23). The molecule has 1 saturated heterocycles. The van der Waals surface area contributed by atoms with Gasteiger partial charge in [-0.1, -0.05) is 0 Å². The van der Waals surface area contributed by atoms with Crippen LogP contribution in [0.3, 0.4) is 0 Å². The first-order chi connectivity index (χ1) is 11.0. The molecule has 8 heteroatoms. The highest BCUT2D eigenvalue weighted by molar-refractivity contribution is 5.93. The van der Waals surface area contributed by atoms with Crippen LogP contribution < -0.4 is 11.2 Å². The molecule has 0 aromatic carbocycles. The first-order valence-corrected chi connectivity index (χ1v) is 7.44. The molecule has 0 radical (unpaired) electrons. The number of amides is 1. The van der Waals surface area contributed by atoms with E-state index in [1.54, 1.807) is 17.3 Å². The first-order valence-electron chi connectivity index (χ1n) is 7.44. The number of aromatic nitrogens is 4. The number of carbonyl (C=O) groups excluding carboxylic acids is 1. The summed E-state index contributed by atoms with van der Waals surface area (Å²) < 4.78 is 0. The largest absolute Gasteiger partial charge is 0.338 e. The van der Waals surface area contributed by atoms with E-state index in [0.29, 0.717) is 13.1 Å². The Hall–Kier alpha value is -2.77. The molecule has 0 bridgehead atoms. The second-order valence-corrected chi connectivity index (χ2v) is 5.66. The van der Waals surface area contributed by atoms with E-state index in [0.717, 1.165) is 24.2 Å². The van der Waals surface area contributed by atoms with E-state index in [1.807, 2.05) is 6.92 Å². The molecule has 1 amide bonds. The van der Waals surface area contributed by atoms with E-state index in [-0.39, 0.29) is 17.4 Å². The minimum absolute atomic E-state index is 0.0550. The summed E-state index contributed by atoms with van der Waals surface area (Å²) in [4.78, 5) is 50.0. The minimum Gasteiger partial charge on any atom is -0.338 e. The third-order valence-electron chi connectivity index (χ3n) is 3.95. The fourth-order valence-electron chi connectivity index (χ4n) is 2.82. The van der Waals surface area contributed by atoms with Crippen molar-refractivity contribution in [1.29, 1.82) is 0 Å². The van der Waals surface area contributed by atoms with E-state index < -0.39 is 11.2 Å². The van der Waals surface area contributed by atoms with Crippen molar-refractivity contribution in [2.45, 2.75) is 25.7 Å². The maximum atomic E-state index is 12.5. The highest BCUT2D eigenvalue weighted by Gasteiger charge is 2.27. The van der Waals surface area contributed by atoms with Gasteiger partial charge in [-0.05, 0) is 19.8 Å². The lowest BCUT2D eigenvalue weighted by atomic mass is 9.94. The monoisotopic (exact) mass is 315 g/mol. The Morgan fingerprint density at radius 3 is 2.91 bits per heavy atom. The average molecular weight is 315 g/mol. The molecular formula is C15H17N5O3.